The van der Waals surface area contributed by atoms with Gasteiger partial charge in [0.25, 0.3) is 0 Å². The molecular formula is C25H21ClIN5O3. The van der Waals surface area contributed by atoms with Crippen LogP contribution < -0.4 is 10.1 Å². The molecule has 0 bridgehead atoms. The third-order valence-electron chi connectivity index (χ3n) is 5.87. The Labute approximate surface area is 220 Å². The summed E-state index contributed by atoms with van der Waals surface area (Å²) in [6.45, 7) is 1.29. The zero-order chi connectivity index (χ0) is 24.4. The predicted octanol–water partition coefficient (Wildman–Crippen LogP) is 5.08. The topological polar surface area (TPSA) is 100 Å². The van der Waals surface area contributed by atoms with Crippen LogP contribution in [0.2, 0.25) is 5.02 Å². The van der Waals surface area contributed by atoms with E-state index in [0.29, 0.717) is 57.0 Å². The van der Waals surface area contributed by atoms with Crippen LogP contribution in [0.5, 0.6) is 11.5 Å². The standard InChI is InChI=1S/C25H21ClIN5O3/c26-20-10-17(35-16-4-2-1-3-5-16)6-7-18(20)23(34)19-12-28-24-22(19)25(30-14-29-24)31-15-8-9-32(13-15)21(33)11-27/h1-7,10,12,14-15H,8-9,11,13H2,(H2,28,29,30,31). The summed E-state index contributed by atoms with van der Waals surface area (Å²) in [5, 5.41) is 4.28. The number of ketones is 1. The number of carbonyl (C=O) groups excluding carboxylic acids is 2. The van der Waals surface area contributed by atoms with E-state index >= 15 is 0 Å². The highest BCUT2D eigenvalue weighted by Crippen LogP contribution is 2.31. The summed E-state index contributed by atoms with van der Waals surface area (Å²) in [5.41, 5.74) is 1.31. The molecule has 1 atom stereocenters. The molecule has 0 radical (unpaired) electrons. The highest BCUT2D eigenvalue weighted by Gasteiger charge is 2.27. The number of likely N-dealkylation sites (tertiary alicyclic amines) is 1. The van der Waals surface area contributed by atoms with Gasteiger partial charge in [-0.3, -0.25) is 9.59 Å². The number of amides is 1. The van der Waals surface area contributed by atoms with Gasteiger partial charge in [0.1, 0.15) is 29.3 Å². The Morgan fingerprint density at radius 1 is 1.14 bits per heavy atom. The largest absolute Gasteiger partial charge is 0.457 e. The smallest absolute Gasteiger partial charge is 0.232 e. The van der Waals surface area contributed by atoms with Crippen molar-refractivity contribution in [2.75, 3.05) is 22.8 Å². The molecule has 1 amide bonds. The Balaban J connectivity index is 1.40. The minimum atomic E-state index is -0.251. The second kappa shape index (κ2) is 10.2. The van der Waals surface area contributed by atoms with Gasteiger partial charge in [0.2, 0.25) is 5.91 Å². The first-order valence-electron chi connectivity index (χ1n) is 11.0. The van der Waals surface area contributed by atoms with Crippen LogP contribution in [0.4, 0.5) is 5.82 Å². The number of hydrogen-bond donors (Lipinski definition) is 2. The maximum Gasteiger partial charge on any atom is 0.232 e. The molecule has 1 unspecified atom stereocenters. The number of aromatic amines is 1. The first-order chi connectivity index (χ1) is 17.0. The van der Waals surface area contributed by atoms with E-state index in [4.69, 9.17) is 16.3 Å². The molecule has 10 heteroatoms. The fourth-order valence-electron chi connectivity index (χ4n) is 4.15. The van der Waals surface area contributed by atoms with E-state index in [0.717, 1.165) is 6.42 Å². The molecule has 2 aromatic heterocycles. The Morgan fingerprint density at radius 2 is 1.97 bits per heavy atom. The van der Waals surface area contributed by atoms with Crippen LogP contribution in [0.25, 0.3) is 11.0 Å². The maximum atomic E-state index is 13.5. The number of nitrogens with zero attached hydrogens (tertiary/aromatic N) is 3. The van der Waals surface area contributed by atoms with E-state index in [9.17, 15) is 9.59 Å². The van der Waals surface area contributed by atoms with Crippen molar-refractivity contribution in [1.29, 1.82) is 0 Å². The number of para-hydroxylation sites is 1. The van der Waals surface area contributed by atoms with Crippen LogP contribution in [-0.4, -0.2) is 55.1 Å². The molecule has 178 valence electrons. The summed E-state index contributed by atoms with van der Waals surface area (Å²) >= 11 is 8.58. The van der Waals surface area contributed by atoms with Gasteiger partial charge >= 0.3 is 0 Å². The second-order valence-electron chi connectivity index (χ2n) is 8.14. The summed E-state index contributed by atoms with van der Waals surface area (Å²) in [4.78, 5) is 39.1. The Morgan fingerprint density at radius 3 is 2.74 bits per heavy atom. The number of alkyl halides is 1. The third-order valence-corrected chi connectivity index (χ3v) is 6.84. The monoisotopic (exact) mass is 601 g/mol. The van der Waals surface area contributed by atoms with E-state index < -0.39 is 0 Å². The Hall–Kier alpha value is -3.18. The number of aromatic nitrogens is 3. The van der Waals surface area contributed by atoms with Crippen molar-refractivity contribution in [3.8, 4) is 11.5 Å². The predicted molar refractivity (Wildman–Crippen MR) is 143 cm³/mol. The van der Waals surface area contributed by atoms with Crippen LogP contribution in [0.3, 0.4) is 0 Å². The van der Waals surface area contributed by atoms with Crippen LogP contribution >= 0.6 is 34.2 Å². The van der Waals surface area contributed by atoms with Crippen molar-refractivity contribution < 1.29 is 14.3 Å². The number of hydrogen-bond acceptors (Lipinski definition) is 6. The van der Waals surface area contributed by atoms with Gasteiger partial charge in [-0.25, -0.2) is 9.97 Å². The Bertz CT molecular complexity index is 1390. The number of halogens is 2. The molecular weight excluding hydrogens is 581 g/mol. The molecule has 35 heavy (non-hydrogen) atoms. The van der Waals surface area contributed by atoms with E-state index in [1.807, 2.05) is 35.2 Å². The lowest BCUT2D eigenvalue weighted by molar-refractivity contribution is -0.127. The van der Waals surface area contributed by atoms with Crippen molar-refractivity contribution in [3.63, 3.8) is 0 Å². The maximum absolute atomic E-state index is 13.5. The zero-order valence-electron chi connectivity index (χ0n) is 18.5. The van der Waals surface area contributed by atoms with Gasteiger partial charge in [-0.05, 0) is 30.7 Å². The first-order valence-corrected chi connectivity index (χ1v) is 12.9. The molecule has 0 saturated carbocycles. The lowest BCUT2D eigenvalue weighted by Gasteiger charge is -2.17. The van der Waals surface area contributed by atoms with Gasteiger partial charge in [0, 0.05) is 37.0 Å². The normalized spacial score (nSPS) is 15.4. The number of H-pyrrole nitrogens is 1. The number of nitrogens with one attached hydrogen (secondary N) is 2. The quantitative estimate of drug-likeness (QED) is 0.174. The van der Waals surface area contributed by atoms with Crippen LogP contribution in [0.15, 0.2) is 61.1 Å². The van der Waals surface area contributed by atoms with Gasteiger partial charge in [0.05, 0.1) is 20.4 Å². The minimum Gasteiger partial charge on any atom is -0.457 e. The van der Waals surface area contributed by atoms with Gasteiger partial charge < -0.3 is 19.9 Å². The number of fused-ring (bicyclic) bond motifs is 1. The summed E-state index contributed by atoms with van der Waals surface area (Å²) in [6.07, 6.45) is 3.87. The third kappa shape index (κ3) is 4.96. The van der Waals surface area contributed by atoms with E-state index in [1.165, 1.54) is 6.33 Å². The fraction of sp³-hybridized carbons (Fsp3) is 0.200. The SMILES string of the molecule is O=C(c1ccc(Oc2ccccc2)cc1Cl)c1c[nH]c2ncnc(NC3CCN(C(=O)CI)C3)c12. The van der Waals surface area contributed by atoms with E-state index in [2.05, 4.69) is 42.9 Å². The lowest BCUT2D eigenvalue weighted by Crippen LogP contribution is -2.32. The molecule has 1 aliphatic heterocycles. The van der Waals surface area contributed by atoms with Crippen molar-refractivity contribution in [2.24, 2.45) is 0 Å². The number of benzene rings is 2. The number of anilines is 1. The average molecular weight is 602 g/mol. The van der Waals surface area contributed by atoms with Crippen LogP contribution in [0, 0.1) is 0 Å². The van der Waals surface area contributed by atoms with Crippen LogP contribution in [-0.2, 0) is 4.79 Å². The number of ether oxygens (including phenoxy) is 1. The molecule has 2 aromatic carbocycles. The summed E-state index contributed by atoms with van der Waals surface area (Å²) in [6, 6.07) is 14.4. The second-order valence-corrected chi connectivity index (χ2v) is 9.31. The lowest BCUT2D eigenvalue weighted by atomic mass is 10.0. The average Bonchev–Trinajstić information content (AvgIpc) is 3.52. The number of rotatable bonds is 7. The molecule has 5 rings (SSSR count). The van der Waals surface area contributed by atoms with E-state index in [1.54, 1.807) is 24.4 Å². The zero-order valence-corrected chi connectivity index (χ0v) is 21.4. The van der Waals surface area contributed by atoms with Crippen molar-refractivity contribution in [2.45, 2.75) is 12.5 Å². The molecule has 1 fully saturated rings. The van der Waals surface area contributed by atoms with Crippen molar-refractivity contribution in [1.82, 2.24) is 19.9 Å². The molecule has 0 spiro atoms. The Kier molecular flexibility index (Phi) is 6.87. The van der Waals surface area contributed by atoms with Gasteiger partial charge in [-0.2, -0.15) is 0 Å². The summed E-state index contributed by atoms with van der Waals surface area (Å²) in [7, 11) is 0. The molecule has 1 saturated heterocycles. The summed E-state index contributed by atoms with van der Waals surface area (Å²) < 4.78 is 6.27. The molecule has 8 nitrogen and oxygen atoms in total. The van der Waals surface area contributed by atoms with Crippen molar-refractivity contribution >= 4 is 62.7 Å². The van der Waals surface area contributed by atoms with Crippen LogP contribution in [0.1, 0.15) is 22.3 Å². The number of carbonyl (C=O) groups is 2. The van der Waals surface area contributed by atoms with Crippen molar-refractivity contribution in [3.05, 3.63) is 77.2 Å². The van der Waals surface area contributed by atoms with Gasteiger partial charge in [-0.1, -0.05) is 52.4 Å². The molecule has 1 aliphatic rings. The summed E-state index contributed by atoms with van der Waals surface area (Å²) in [5.74, 6) is 1.63. The fourth-order valence-corrected chi connectivity index (χ4v) is 4.89. The van der Waals surface area contributed by atoms with Gasteiger partial charge in [-0.15, -0.1) is 0 Å². The molecule has 3 heterocycles. The molecule has 4 aromatic rings. The first kappa shape index (κ1) is 23.6. The highest BCUT2D eigenvalue weighted by atomic mass is 127. The molecule has 2 N–H and O–H groups in total. The minimum absolute atomic E-state index is 0.0378. The molecule has 0 aliphatic carbocycles. The van der Waals surface area contributed by atoms with Gasteiger partial charge in [0.15, 0.2) is 5.78 Å². The highest BCUT2D eigenvalue weighted by molar-refractivity contribution is 14.1. The van der Waals surface area contributed by atoms with E-state index in [-0.39, 0.29) is 22.8 Å².